The summed E-state index contributed by atoms with van der Waals surface area (Å²) < 4.78 is 38.3. The summed E-state index contributed by atoms with van der Waals surface area (Å²) in [6.45, 7) is 0. The molecular formula is C11H6F3N3O. The Morgan fingerprint density at radius 1 is 1.11 bits per heavy atom. The zero-order valence-electron chi connectivity index (χ0n) is 8.82. The fourth-order valence-electron chi connectivity index (χ4n) is 1.20. The second-order valence-electron chi connectivity index (χ2n) is 3.29. The molecule has 2 aromatic heterocycles. The molecule has 0 bridgehead atoms. The number of rotatable bonds is 2. The zero-order chi connectivity index (χ0) is 13.1. The molecule has 0 fully saturated rings. The molecule has 0 unspecified atom stereocenters. The highest BCUT2D eigenvalue weighted by Crippen LogP contribution is 2.12. The van der Waals surface area contributed by atoms with Gasteiger partial charge in [-0.1, -0.05) is 0 Å². The monoisotopic (exact) mass is 253 g/mol. The van der Waals surface area contributed by atoms with Gasteiger partial charge < -0.3 is 5.32 Å². The number of hydrogen-bond donors (Lipinski definition) is 1. The molecule has 0 aromatic carbocycles. The minimum absolute atomic E-state index is 0.0971. The van der Waals surface area contributed by atoms with E-state index in [9.17, 15) is 18.0 Å². The van der Waals surface area contributed by atoms with Crippen LogP contribution in [0, 0.1) is 17.7 Å². The van der Waals surface area contributed by atoms with Crippen LogP contribution in [0.1, 0.15) is 10.5 Å². The second kappa shape index (κ2) is 4.82. The summed E-state index contributed by atoms with van der Waals surface area (Å²) >= 11 is 0. The van der Waals surface area contributed by atoms with Crippen LogP contribution in [-0.2, 0) is 0 Å². The molecular weight excluding hydrogens is 247 g/mol. The molecule has 2 heterocycles. The number of carbonyl (C=O) groups is 1. The lowest BCUT2D eigenvalue weighted by Gasteiger charge is -2.04. The summed E-state index contributed by atoms with van der Waals surface area (Å²) in [6.07, 6.45) is 0.855. The molecule has 0 spiro atoms. The molecule has 18 heavy (non-hydrogen) atoms. The summed E-state index contributed by atoms with van der Waals surface area (Å²) in [6, 6.07) is 4.11. The number of halogens is 3. The van der Waals surface area contributed by atoms with Gasteiger partial charge in [0.25, 0.3) is 5.91 Å². The fraction of sp³-hybridized carbons (Fsp3) is 0. The Morgan fingerprint density at radius 2 is 1.89 bits per heavy atom. The lowest BCUT2D eigenvalue weighted by molar-refractivity contribution is 0.102. The number of nitrogens with one attached hydrogen (secondary N) is 1. The zero-order valence-corrected chi connectivity index (χ0v) is 8.82. The molecule has 1 amide bonds. The molecule has 2 aromatic rings. The number of hydrogen-bond acceptors (Lipinski definition) is 3. The second-order valence-corrected chi connectivity index (χ2v) is 3.29. The van der Waals surface area contributed by atoms with Crippen LogP contribution < -0.4 is 5.32 Å². The van der Waals surface area contributed by atoms with E-state index in [2.05, 4.69) is 15.3 Å². The van der Waals surface area contributed by atoms with Gasteiger partial charge in [-0.2, -0.15) is 13.8 Å². The summed E-state index contributed by atoms with van der Waals surface area (Å²) in [7, 11) is 0. The number of nitrogens with zero attached hydrogens (tertiary/aromatic N) is 2. The highest BCUT2D eigenvalue weighted by molar-refractivity contribution is 6.02. The maximum atomic E-state index is 13.1. The van der Waals surface area contributed by atoms with E-state index < -0.39 is 23.6 Å². The van der Waals surface area contributed by atoms with Crippen LogP contribution in [0.4, 0.5) is 18.9 Å². The van der Waals surface area contributed by atoms with E-state index in [0.717, 1.165) is 30.5 Å². The molecule has 0 aliphatic rings. The topological polar surface area (TPSA) is 54.9 Å². The average Bonchev–Trinajstić information content (AvgIpc) is 2.33. The normalized spacial score (nSPS) is 10.2. The Hall–Kier alpha value is -2.44. The van der Waals surface area contributed by atoms with Crippen LogP contribution in [0.25, 0.3) is 0 Å². The van der Waals surface area contributed by atoms with Gasteiger partial charge >= 0.3 is 0 Å². The third kappa shape index (κ3) is 2.62. The van der Waals surface area contributed by atoms with Crippen molar-refractivity contribution in [2.75, 3.05) is 5.32 Å². The minimum atomic E-state index is -1.15. The van der Waals surface area contributed by atoms with Gasteiger partial charge in [-0.3, -0.25) is 4.79 Å². The molecule has 0 saturated carbocycles. The van der Waals surface area contributed by atoms with Crippen molar-refractivity contribution < 1.29 is 18.0 Å². The Kier molecular flexibility index (Phi) is 3.22. The summed E-state index contributed by atoms with van der Waals surface area (Å²) in [4.78, 5) is 18.0. The first-order valence-electron chi connectivity index (χ1n) is 4.81. The van der Waals surface area contributed by atoms with Gasteiger partial charge in [-0.05, 0) is 24.3 Å². The maximum absolute atomic E-state index is 13.1. The number of amides is 1. The van der Waals surface area contributed by atoms with E-state index in [4.69, 9.17) is 0 Å². The van der Waals surface area contributed by atoms with Gasteiger partial charge in [-0.15, -0.1) is 0 Å². The SMILES string of the molecule is O=C(Nc1ccc(F)nc1F)c1ccc(F)cn1. The van der Waals surface area contributed by atoms with Crippen LogP contribution in [-0.4, -0.2) is 15.9 Å². The van der Waals surface area contributed by atoms with Gasteiger partial charge in [0, 0.05) is 0 Å². The minimum Gasteiger partial charge on any atom is -0.317 e. The van der Waals surface area contributed by atoms with Crippen LogP contribution >= 0.6 is 0 Å². The van der Waals surface area contributed by atoms with Gasteiger partial charge in [0.15, 0.2) is 0 Å². The predicted molar refractivity (Wildman–Crippen MR) is 56.3 cm³/mol. The molecule has 92 valence electrons. The number of pyridine rings is 2. The van der Waals surface area contributed by atoms with Crippen molar-refractivity contribution in [1.82, 2.24) is 9.97 Å². The largest absolute Gasteiger partial charge is 0.317 e. The van der Waals surface area contributed by atoms with Crippen molar-refractivity contribution in [1.29, 1.82) is 0 Å². The molecule has 2 rings (SSSR count). The van der Waals surface area contributed by atoms with E-state index >= 15 is 0 Å². The standard InChI is InChI=1S/C11H6F3N3O/c12-6-1-2-8(15-5-6)11(18)16-7-3-4-9(13)17-10(7)14/h1-5H,(H,16,18). The van der Waals surface area contributed by atoms with Crippen molar-refractivity contribution in [3.05, 3.63) is 53.9 Å². The lowest BCUT2D eigenvalue weighted by atomic mass is 10.3. The molecule has 0 saturated heterocycles. The molecule has 4 nitrogen and oxygen atoms in total. The first kappa shape index (κ1) is 12.0. The van der Waals surface area contributed by atoms with Crippen LogP contribution in [0.15, 0.2) is 30.5 Å². The van der Waals surface area contributed by atoms with Crippen molar-refractivity contribution in [2.45, 2.75) is 0 Å². The Labute approximate surface area is 99.5 Å². The molecule has 1 N–H and O–H groups in total. The quantitative estimate of drug-likeness (QED) is 0.834. The average molecular weight is 253 g/mol. The molecule has 0 aliphatic carbocycles. The third-order valence-electron chi connectivity index (χ3n) is 2.02. The number of carbonyl (C=O) groups excluding carboxylic acids is 1. The van der Waals surface area contributed by atoms with Gasteiger partial charge in [0.05, 0.1) is 11.9 Å². The predicted octanol–water partition coefficient (Wildman–Crippen LogP) is 2.15. The van der Waals surface area contributed by atoms with Gasteiger partial charge in [0.1, 0.15) is 11.5 Å². The van der Waals surface area contributed by atoms with E-state index in [1.54, 1.807) is 0 Å². The highest BCUT2D eigenvalue weighted by atomic mass is 19.1. The molecule has 0 radical (unpaired) electrons. The fourth-order valence-corrected chi connectivity index (χ4v) is 1.20. The third-order valence-corrected chi connectivity index (χ3v) is 2.02. The van der Waals surface area contributed by atoms with E-state index in [1.165, 1.54) is 0 Å². The maximum Gasteiger partial charge on any atom is 0.274 e. The van der Waals surface area contributed by atoms with Crippen molar-refractivity contribution in [3.63, 3.8) is 0 Å². The van der Waals surface area contributed by atoms with E-state index in [0.29, 0.717) is 0 Å². The van der Waals surface area contributed by atoms with Gasteiger partial charge in [0.2, 0.25) is 11.9 Å². The van der Waals surface area contributed by atoms with Crippen LogP contribution in [0.3, 0.4) is 0 Å². The lowest BCUT2D eigenvalue weighted by Crippen LogP contribution is -2.15. The smallest absolute Gasteiger partial charge is 0.274 e. The summed E-state index contributed by atoms with van der Waals surface area (Å²) in [5.41, 5.74) is -0.382. The highest BCUT2D eigenvalue weighted by Gasteiger charge is 2.12. The van der Waals surface area contributed by atoms with Crippen LogP contribution in [0.5, 0.6) is 0 Å². The Morgan fingerprint density at radius 3 is 2.50 bits per heavy atom. The first-order chi connectivity index (χ1) is 8.56. The van der Waals surface area contributed by atoms with E-state index in [1.807, 2.05) is 0 Å². The molecule has 7 heteroatoms. The summed E-state index contributed by atoms with van der Waals surface area (Å²) in [5, 5.41) is 2.15. The first-order valence-corrected chi connectivity index (χ1v) is 4.81. The van der Waals surface area contributed by atoms with Crippen molar-refractivity contribution >= 4 is 11.6 Å². The van der Waals surface area contributed by atoms with Crippen LogP contribution in [0.2, 0.25) is 0 Å². The molecule has 0 aliphatic heterocycles. The number of aromatic nitrogens is 2. The Balaban J connectivity index is 2.18. The van der Waals surface area contributed by atoms with Crippen molar-refractivity contribution in [3.8, 4) is 0 Å². The number of anilines is 1. The van der Waals surface area contributed by atoms with E-state index in [-0.39, 0.29) is 11.4 Å². The van der Waals surface area contributed by atoms with Gasteiger partial charge in [-0.25, -0.2) is 9.37 Å². The van der Waals surface area contributed by atoms with Crippen molar-refractivity contribution in [2.24, 2.45) is 0 Å². The summed E-state index contributed by atoms with van der Waals surface area (Å²) in [5.74, 6) is -3.49. The Bertz CT molecular complexity index is 587. The molecule has 0 atom stereocenters.